The molecule has 1 aliphatic carbocycles. The first kappa shape index (κ1) is 17.3. The van der Waals surface area contributed by atoms with Gasteiger partial charge < -0.3 is 20.2 Å². The molecule has 1 saturated carbocycles. The van der Waals surface area contributed by atoms with Gasteiger partial charge in [0.15, 0.2) is 0 Å². The SMILES string of the molecule is CCN(CC)C(=O)CN(C)C(=O)NC1(C(=O)O)CCCC1. The third-order valence-electron chi connectivity index (χ3n) is 4.05. The number of carboxylic acids is 1. The predicted octanol–water partition coefficient (Wildman–Crippen LogP) is 0.894. The molecule has 7 heteroatoms. The molecule has 120 valence electrons. The van der Waals surface area contributed by atoms with Crippen molar-refractivity contribution in [2.75, 3.05) is 26.7 Å². The van der Waals surface area contributed by atoms with Crippen LogP contribution in [0.1, 0.15) is 39.5 Å². The average Bonchev–Trinajstić information content (AvgIpc) is 2.89. The Balaban J connectivity index is 2.62. The summed E-state index contributed by atoms with van der Waals surface area (Å²) in [6.07, 6.45) is 2.45. The molecular formula is C14H25N3O4. The number of carboxylic acid groups (broad SMARTS) is 1. The van der Waals surface area contributed by atoms with Crippen LogP contribution in [0.2, 0.25) is 0 Å². The molecule has 0 saturated heterocycles. The van der Waals surface area contributed by atoms with E-state index in [-0.39, 0.29) is 12.5 Å². The maximum Gasteiger partial charge on any atom is 0.329 e. The number of carbonyl (C=O) groups excluding carboxylic acids is 2. The van der Waals surface area contributed by atoms with Crippen LogP contribution in [0.15, 0.2) is 0 Å². The van der Waals surface area contributed by atoms with Gasteiger partial charge in [0.05, 0.1) is 0 Å². The lowest BCUT2D eigenvalue weighted by atomic mass is 9.98. The fourth-order valence-electron chi connectivity index (χ4n) is 2.62. The first-order chi connectivity index (χ1) is 9.86. The van der Waals surface area contributed by atoms with Gasteiger partial charge in [-0.3, -0.25) is 4.79 Å². The largest absolute Gasteiger partial charge is 0.480 e. The highest BCUT2D eigenvalue weighted by Gasteiger charge is 2.43. The first-order valence-corrected chi connectivity index (χ1v) is 7.40. The summed E-state index contributed by atoms with van der Waals surface area (Å²) in [7, 11) is 1.50. The molecule has 1 fully saturated rings. The van der Waals surface area contributed by atoms with Crippen LogP contribution in [0.5, 0.6) is 0 Å². The van der Waals surface area contributed by atoms with Crippen molar-refractivity contribution >= 4 is 17.9 Å². The third kappa shape index (κ3) is 4.09. The zero-order valence-corrected chi connectivity index (χ0v) is 13.0. The van der Waals surface area contributed by atoms with Crippen LogP contribution in [0.3, 0.4) is 0 Å². The predicted molar refractivity (Wildman–Crippen MR) is 77.9 cm³/mol. The minimum absolute atomic E-state index is 0.0524. The summed E-state index contributed by atoms with van der Waals surface area (Å²) in [4.78, 5) is 38.4. The van der Waals surface area contributed by atoms with Gasteiger partial charge in [0.1, 0.15) is 12.1 Å². The Labute approximate surface area is 125 Å². The van der Waals surface area contributed by atoms with Crippen molar-refractivity contribution in [3.05, 3.63) is 0 Å². The second kappa shape index (κ2) is 7.28. The zero-order valence-electron chi connectivity index (χ0n) is 13.0. The number of likely N-dealkylation sites (N-methyl/N-ethyl adjacent to an activating group) is 2. The minimum Gasteiger partial charge on any atom is -0.480 e. The van der Waals surface area contributed by atoms with Gasteiger partial charge in [-0.05, 0) is 26.7 Å². The van der Waals surface area contributed by atoms with Gasteiger partial charge in [-0.2, -0.15) is 0 Å². The number of carbonyl (C=O) groups is 3. The van der Waals surface area contributed by atoms with E-state index in [1.54, 1.807) is 4.90 Å². The molecule has 0 heterocycles. The summed E-state index contributed by atoms with van der Waals surface area (Å²) >= 11 is 0. The zero-order chi connectivity index (χ0) is 16.0. The molecule has 0 bridgehead atoms. The van der Waals surface area contributed by atoms with Crippen molar-refractivity contribution < 1.29 is 19.5 Å². The van der Waals surface area contributed by atoms with E-state index >= 15 is 0 Å². The molecule has 1 rings (SSSR count). The molecule has 2 N–H and O–H groups in total. The van der Waals surface area contributed by atoms with E-state index in [4.69, 9.17) is 0 Å². The molecule has 0 atom stereocenters. The molecule has 0 aromatic carbocycles. The van der Waals surface area contributed by atoms with E-state index in [0.29, 0.717) is 25.9 Å². The summed E-state index contributed by atoms with van der Waals surface area (Å²) in [5.41, 5.74) is -1.18. The van der Waals surface area contributed by atoms with Gasteiger partial charge in [0, 0.05) is 20.1 Å². The maximum atomic E-state index is 12.1. The van der Waals surface area contributed by atoms with Gasteiger partial charge in [-0.25, -0.2) is 9.59 Å². The molecule has 1 aliphatic rings. The Kier molecular flexibility index (Phi) is 5.99. The standard InChI is InChI=1S/C14H25N3O4/c1-4-17(5-2)11(18)10-16(3)13(21)15-14(12(19)20)8-6-7-9-14/h4-10H2,1-3H3,(H,15,21)(H,19,20). The van der Waals surface area contributed by atoms with Crippen LogP contribution < -0.4 is 5.32 Å². The molecule has 3 amide bonds. The van der Waals surface area contributed by atoms with Crippen molar-refractivity contribution in [1.29, 1.82) is 0 Å². The van der Waals surface area contributed by atoms with Gasteiger partial charge in [0.25, 0.3) is 0 Å². The number of aliphatic carboxylic acids is 1. The summed E-state index contributed by atoms with van der Waals surface area (Å²) in [6.45, 7) is 4.87. The van der Waals surface area contributed by atoms with Gasteiger partial charge >= 0.3 is 12.0 Å². The molecule has 0 aromatic rings. The molecular weight excluding hydrogens is 274 g/mol. The van der Waals surface area contributed by atoms with Crippen molar-refractivity contribution in [1.82, 2.24) is 15.1 Å². The summed E-state index contributed by atoms with van der Waals surface area (Å²) in [6, 6.07) is -0.514. The van der Waals surface area contributed by atoms with Crippen molar-refractivity contribution in [3.8, 4) is 0 Å². The highest BCUT2D eigenvalue weighted by atomic mass is 16.4. The normalized spacial score (nSPS) is 16.3. The Morgan fingerprint density at radius 2 is 1.67 bits per heavy atom. The molecule has 0 unspecified atom stereocenters. The number of urea groups is 1. The molecule has 0 radical (unpaired) electrons. The lowest BCUT2D eigenvalue weighted by Gasteiger charge is -2.29. The third-order valence-corrected chi connectivity index (χ3v) is 4.05. The number of hydrogen-bond donors (Lipinski definition) is 2. The van der Waals surface area contributed by atoms with E-state index in [2.05, 4.69) is 5.32 Å². The summed E-state index contributed by atoms with van der Waals surface area (Å²) < 4.78 is 0. The smallest absolute Gasteiger partial charge is 0.329 e. The molecule has 0 spiro atoms. The fraction of sp³-hybridized carbons (Fsp3) is 0.786. The van der Waals surface area contributed by atoms with Crippen molar-refractivity contribution in [2.45, 2.75) is 45.1 Å². The van der Waals surface area contributed by atoms with Crippen LogP contribution in [0.4, 0.5) is 4.79 Å². The van der Waals surface area contributed by atoms with Crippen LogP contribution >= 0.6 is 0 Å². The Morgan fingerprint density at radius 3 is 2.10 bits per heavy atom. The second-order valence-corrected chi connectivity index (χ2v) is 5.45. The van der Waals surface area contributed by atoms with Gasteiger partial charge in [-0.15, -0.1) is 0 Å². The number of amides is 3. The monoisotopic (exact) mass is 299 g/mol. The lowest BCUT2D eigenvalue weighted by molar-refractivity contribution is -0.144. The minimum atomic E-state index is -1.18. The number of hydrogen-bond acceptors (Lipinski definition) is 3. The molecule has 0 aliphatic heterocycles. The van der Waals surface area contributed by atoms with E-state index in [1.807, 2.05) is 13.8 Å². The van der Waals surface area contributed by atoms with Gasteiger partial charge in [0.2, 0.25) is 5.91 Å². The molecule has 21 heavy (non-hydrogen) atoms. The fourth-order valence-corrected chi connectivity index (χ4v) is 2.62. The van der Waals surface area contributed by atoms with Crippen LogP contribution in [0, 0.1) is 0 Å². The number of nitrogens with one attached hydrogen (secondary N) is 1. The molecule has 7 nitrogen and oxygen atoms in total. The molecule has 0 aromatic heterocycles. The highest BCUT2D eigenvalue weighted by molar-refractivity contribution is 5.88. The van der Waals surface area contributed by atoms with Crippen molar-refractivity contribution in [3.63, 3.8) is 0 Å². The van der Waals surface area contributed by atoms with E-state index in [1.165, 1.54) is 11.9 Å². The number of rotatable bonds is 6. The Bertz CT molecular complexity index is 401. The Hall–Kier alpha value is -1.79. The maximum absolute atomic E-state index is 12.1. The average molecular weight is 299 g/mol. The highest BCUT2D eigenvalue weighted by Crippen LogP contribution is 2.30. The summed E-state index contributed by atoms with van der Waals surface area (Å²) in [5, 5.41) is 11.9. The van der Waals surface area contributed by atoms with Crippen LogP contribution in [0.25, 0.3) is 0 Å². The quantitative estimate of drug-likeness (QED) is 0.762. The van der Waals surface area contributed by atoms with Crippen LogP contribution in [-0.4, -0.2) is 65.0 Å². The first-order valence-electron chi connectivity index (χ1n) is 7.40. The topological polar surface area (TPSA) is 90.0 Å². The Morgan fingerprint density at radius 1 is 1.14 bits per heavy atom. The number of nitrogens with zero attached hydrogens (tertiary/aromatic N) is 2. The van der Waals surface area contributed by atoms with Gasteiger partial charge in [-0.1, -0.05) is 12.8 Å². The lowest BCUT2D eigenvalue weighted by Crippen LogP contribution is -2.56. The second-order valence-electron chi connectivity index (χ2n) is 5.45. The van der Waals surface area contributed by atoms with E-state index in [9.17, 15) is 19.5 Å². The van der Waals surface area contributed by atoms with Crippen LogP contribution in [-0.2, 0) is 9.59 Å². The van der Waals surface area contributed by atoms with E-state index < -0.39 is 17.5 Å². The van der Waals surface area contributed by atoms with Crippen molar-refractivity contribution in [2.24, 2.45) is 0 Å². The van der Waals surface area contributed by atoms with E-state index in [0.717, 1.165) is 12.8 Å². The summed E-state index contributed by atoms with van der Waals surface area (Å²) in [5.74, 6) is -1.15.